The van der Waals surface area contributed by atoms with Crippen LogP contribution < -0.4 is 0 Å². The van der Waals surface area contributed by atoms with Crippen LogP contribution in [-0.2, 0) is 4.79 Å². The summed E-state index contributed by atoms with van der Waals surface area (Å²) in [6.07, 6.45) is 3.75. The number of fused-ring (bicyclic) bond motifs is 1. The zero-order valence-electron chi connectivity index (χ0n) is 12.7. The first-order valence-corrected chi connectivity index (χ1v) is 7.91. The van der Waals surface area contributed by atoms with Gasteiger partial charge in [-0.25, -0.2) is 4.98 Å². The third-order valence-electron chi connectivity index (χ3n) is 3.87. The third kappa shape index (κ3) is 2.57. The molecule has 0 spiro atoms. The van der Waals surface area contributed by atoms with Crippen LogP contribution in [0.1, 0.15) is 38.5 Å². The van der Waals surface area contributed by atoms with Crippen LogP contribution in [0, 0.1) is 0 Å². The van der Waals surface area contributed by atoms with Crippen molar-refractivity contribution in [3.05, 3.63) is 41.9 Å². The number of nitrogens with zero attached hydrogens (tertiary/aromatic N) is 2. The van der Waals surface area contributed by atoms with Gasteiger partial charge in [-0.05, 0) is 25.5 Å². The fourth-order valence-electron chi connectivity index (χ4n) is 2.66. The molecule has 1 aliphatic heterocycles. The summed E-state index contributed by atoms with van der Waals surface area (Å²) in [4.78, 5) is 19.5. The Labute approximate surface area is 134 Å². The Morgan fingerprint density at radius 3 is 2.86 bits per heavy atom. The molecule has 1 atom stereocenters. The summed E-state index contributed by atoms with van der Waals surface area (Å²) in [6, 6.07) is 7.50. The summed E-state index contributed by atoms with van der Waals surface area (Å²) < 4.78 is 5.76. The average molecular weight is 314 g/mol. The van der Waals surface area contributed by atoms with Gasteiger partial charge < -0.3 is 9.32 Å². The van der Waals surface area contributed by atoms with Crippen molar-refractivity contribution in [2.45, 2.75) is 32.6 Å². The van der Waals surface area contributed by atoms with Crippen LogP contribution in [0.2, 0.25) is 0 Å². The van der Waals surface area contributed by atoms with Crippen molar-refractivity contribution in [3.63, 3.8) is 0 Å². The van der Waals surface area contributed by atoms with Gasteiger partial charge in [-0.1, -0.05) is 37.7 Å². The van der Waals surface area contributed by atoms with E-state index in [2.05, 4.69) is 11.9 Å². The summed E-state index contributed by atoms with van der Waals surface area (Å²) in [5.41, 5.74) is 2.33. The molecule has 0 bridgehead atoms. The molecule has 3 rings (SSSR count). The maximum atomic E-state index is 12.4. The minimum atomic E-state index is -0.594. The molecule has 0 amide bonds. The van der Waals surface area contributed by atoms with Crippen LogP contribution in [0.5, 0.6) is 0 Å². The molecule has 114 valence electrons. The molecular formula is C17H18N2O2S. The van der Waals surface area contributed by atoms with Gasteiger partial charge in [0.15, 0.2) is 11.4 Å². The lowest BCUT2D eigenvalue weighted by Crippen LogP contribution is -2.40. The second-order valence-corrected chi connectivity index (χ2v) is 5.90. The van der Waals surface area contributed by atoms with E-state index in [4.69, 9.17) is 16.6 Å². The van der Waals surface area contributed by atoms with Crippen LogP contribution in [0.3, 0.4) is 0 Å². The van der Waals surface area contributed by atoms with Gasteiger partial charge in [-0.2, -0.15) is 0 Å². The predicted octanol–water partition coefficient (Wildman–Crippen LogP) is 3.83. The van der Waals surface area contributed by atoms with Crippen molar-refractivity contribution in [2.75, 3.05) is 6.54 Å². The molecule has 0 saturated carbocycles. The van der Waals surface area contributed by atoms with E-state index in [1.165, 1.54) is 0 Å². The molecule has 1 aromatic heterocycles. The van der Waals surface area contributed by atoms with E-state index < -0.39 is 5.92 Å². The maximum absolute atomic E-state index is 12.4. The van der Waals surface area contributed by atoms with E-state index in [0.29, 0.717) is 16.5 Å². The lowest BCUT2D eigenvalue weighted by atomic mass is 9.97. The minimum Gasteiger partial charge on any atom is -0.439 e. The molecule has 5 heteroatoms. The summed E-state index contributed by atoms with van der Waals surface area (Å²) >= 11 is 5.57. The summed E-state index contributed by atoms with van der Waals surface area (Å²) in [5.74, 6) is -0.258. The van der Waals surface area contributed by atoms with E-state index in [1.54, 1.807) is 6.08 Å². The largest absolute Gasteiger partial charge is 0.439 e. The first kappa shape index (κ1) is 14.9. The number of thiocarbonyl (C=S) groups is 1. The van der Waals surface area contributed by atoms with Crippen LogP contribution in [0.4, 0.5) is 0 Å². The van der Waals surface area contributed by atoms with Crippen molar-refractivity contribution < 1.29 is 9.21 Å². The molecule has 0 fully saturated rings. The summed E-state index contributed by atoms with van der Waals surface area (Å²) in [6.45, 7) is 4.87. The molecule has 4 nitrogen and oxygen atoms in total. The molecule has 0 radical (unpaired) electrons. The topological polar surface area (TPSA) is 46.3 Å². The van der Waals surface area contributed by atoms with Gasteiger partial charge in [-0.3, -0.25) is 4.79 Å². The number of rotatable bonds is 4. The highest BCUT2D eigenvalue weighted by Crippen LogP contribution is 2.30. The second kappa shape index (κ2) is 6.01. The highest BCUT2D eigenvalue weighted by atomic mass is 32.1. The Kier molecular flexibility index (Phi) is 4.07. The number of carbonyl (C=O) groups is 1. The zero-order valence-corrected chi connectivity index (χ0v) is 13.5. The standard InChI is InChI=1S/C17H18N2O2S/c1-3-4-9-19-11(2)10-13(20)15(17(19)22)16-18-12-7-5-6-8-14(12)21-16/h5-8,10,15H,3-4,9H2,1-2H3. The van der Waals surface area contributed by atoms with Crippen LogP contribution in [-0.4, -0.2) is 27.2 Å². The second-order valence-electron chi connectivity index (χ2n) is 5.48. The summed E-state index contributed by atoms with van der Waals surface area (Å²) in [5, 5.41) is 0. The van der Waals surface area contributed by atoms with Gasteiger partial charge in [0.05, 0.1) is 0 Å². The number of aromatic nitrogens is 1. The minimum absolute atomic E-state index is 0.0539. The predicted molar refractivity (Wildman–Crippen MR) is 89.7 cm³/mol. The Morgan fingerprint density at radius 1 is 1.36 bits per heavy atom. The Bertz CT molecular complexity index is 730. The lowest BCUT2D eigenvalue weighted by molar-refractivity contribution is -0.115. The molecule has 1 aliphatic rings. The van der Waals surface area contributed by atoms with Crippen molar-refractivity contribution >= 4 is 34.1 Å². The number of carbonyl (C=O) groups excluding carboxylic acids is 1. The fourth-order valence-corrected chi connectivity index (χ4v) is 3.11. The van der Waals surface area contributed by atoms with Gasteiger partial charge in [0, 0.05) is 18.3 Å². The van der Waals surface area contributed by atoms with Crippen molar-refractivity contribution in [2.24, 2.45) is 0 Å². The Hall–Kier alpha value is -2.01. The van der Waals surface area contributed by atoms with Gasteiger partial charge in [0.25, 0.3) is 0 Å². The first-order valence-electron chi connectivity index (χ1n) is 7.50. The normalized spacial score (nSPS) is 18.9. The lowest BCUT2D eigenvalue weighted by Gasteiger charge is -2.32. The fraction of sp³-hybridized carbons (Fsp3) is 0.353. The molecule has 1 aromatic carbocycles. The smallest absolute Gasteiger partial charge is 0.213 e. The number of para-hydroxylation sites is 2. The van der Waals surface area contributed by atoms with Crippen molar-refractivity contribution in [3.8, 4) is 0 Å². The Balaban J connectivity index is 1.98. The van der Waals surface area contributed by atoms with Gasteiger partial charge in [-0.15, -0.1) is 0 Å². The van der Waals surface area contributed by atoms with Crippen molar-refractivity contribution in [1.29, 1.82) is 0 Å². The van der Waals surface area contributed by atoms with Crippen LogP contribution in [0.15, 0.2) is 40.5 Å². The molecule has 2 heterocycles. The molecule has 22 heavy (non-hydrogen) atoms. The summed E-state index contributed by atoms with van der Waals surface area (Å²) in [7, 11) is 0. The third-order valence-corrected chi connectivity index (χ3v) is 4.32. The molecular weight excluding hydrogens is 296 g/mol. The molecule has 0 saturated heterocycles. The van der Waals surface area contributed by atoms with Crippen molar-refractivity contribution in [1.82, 2.24) is 9.88 Å². The van der Waals surface area contributed by atoms with E-state index in [-0.39, 0.29) is 5.78 Å². The van der Waals surface area contributed by atoms with Crippen LogP contribution in [0.25, 0.3) is 11.1 Å². The van der Waals surface area contributed by atoms with E-state index >= 15 is 0 Å². The number of oxazole rings is 1. The average Bonchev–Trinajstić information content (AvgIpc) is 2.90. The number of hydrogen-bond acceptors (Lipinski definition) is 4. The van der Waals surface area contributed by atoms with E-state index in [1.807, 2.05) is 36.1 Å². The highest BCUT2D eigenvalue weighted by Gasteiger charge is 2.36. The van der Waals surface area contributed by atoms with E-state index in [9.17, 15) is 4.79 Å². The van der Waals surface area contributed by atoms with Gasteiger partial charge in [0.1, 0.15) is 16.4 Å². The van der Waals surface area contributed by atoms with Gasteiger partial charge >= 0.3 is 0 Å². The first-order chi connectivity index (χ1) is 10.6. The monoisotopic (exact) mass is 314 g/mol. The van der Waals surface area contributed by atoms with Crippen LogP contribution >= 0.6 is 12.2 Å². The highest BCUT2D eigenvalue weighted by molar-refractivity contribution is 7.80. The maximum Gasteiger partial charge on any atom is 0.213 e. The number of allylic oxidation sites excluding steroid dienone is 2. The SMILES string of the molecule is CCCCN1C(=S)C(c2nc3ccccc3o2)C(=O)C=C1C. The zero-order chi connectivity index (χ0) is 15.7. The molecule has 2 aromatic rings. The number of hydrogen-bond donors (Lipinski definition) is 0. The number of ketones is 1. The number of benzene rings is 1. The van der Waals surface area contributed by atoms with E-state index in [0.717, 1.165) is 30.6 Å². The van der Waals surface area contributed by atoms with Gasteiger partial charge in [0.2, 0.25) is 5.89 Å². The Morgan fingerprint density at radius 2 is 2.14 bits per heavy atom. The molecule has 0 N–H and O–H groups in total. The molecule has 0 aliphatic carbocycles. The quantitative estimate of drug-likeness (QED) is 0.803. The molecule has 1 unspecified atom stereocenters. The number of unbranched alkanes of at least 4 members (excludes halogenated alkanes) is 1.